The third-order valence-electron chi connectivity index (χ3n) is 7.95. The van der Waals surface area contributed by atoms with E-state index in [4.69, 9.17) is 20.4 Å². The first kappa shape index (κ1) is 25.3. The lowest BCUT2D eigenvalue weighted by Crippen LogP contribution is -2.35. The third-order valence-corrected chi connectivity index (χ3v) is 7.95. The Bertz CT molecular complexity index is 1720. The number of carbonyl (C=O) groups is 1. The zero-order valence-electron chi connectivity index (χ0n) is 22.5. The van der Waals surface area contributed by atoms with Crippen molar-refractivity contribution < 1.29 is 9.53 Å². The van der Waals surface area contributed by atoms with Gasteiger partial charge in [0, 0.05) is 37.5 Å². The number of ether oxygens (including phenoxy) is 1. The van der Waals surface area contributed by atoms with Crippen molar-refractivity contribution in [3.8, 4) is 11.4 Å². The molecule has 5 aromatic rings. The normalized spacial score (nSPS) is 16.5. The number of rotatable bonds is 7. The summed E-state index contributed by atoms with van der Waals surface area (Å²) in [6.45, 7) is 4.13. The Balaban J connectivity index is 1.11. The van der Waals surface area contributed by atoms with E-state index < -0.39 is 0 Å². The van der Waals surface area contributed by atoms with E-state index in [9.17, 15) is 4.79 Å². The van der Waals surface area contributed by atoms with Gasteiger partial charge in [-0.25, -0.2) is 19.9 Å². The molecular weight excluding hydrogens is 516 g/mol. The SMILES string of the molecule is Nc1ccccc1NC(=O)c1ccc(C2(c3nccc(-c4cnc5cc(CN6CCOCC6)ncn45)n3)CC2)cc1. The van der Waals surface area contributed by atoms with Crippen LogP contribution in [0.25, 0.3) is 17.0 Å². The van der Waals surface area contributed by atoms with Crippen LogP contribution in [0, 0.1) is 0 Å². The molecule has 1 amide bonds. The number of nitrogens with two attached hydrogens (primary N) is 1. The third kappa shape index (κ3) is 4.92. The number of fused-ring (bicyclic) bond motifs is 1. The predicted octanol–water partition coefficient (Wildman–Crippen LogP) is 3.93. The monoisotopic (exact) mass is 546 g/mol. The van der Waals surface area contributed by atoms with Crippen molar-refractivity contribution in [2.45, 2.75) is 24.8 Å². The van der Waals surface area contributed by atoms with E-state index in [0.717, 1.165) is 79.8 Å². The van der Waals surface area contributed by atoms with Crippen molar-refractivity contribution in [1.82, 2.24) is 29.2 Å². The van der Waals surface area contributed by atoms with Crippen LogP contribution in [0.1, 0.15) is 40.3 Å². The fourth-order valence-corrected chi connectivity index (χ4v) is 5.43. The lowest BCUT2D eigenvalue weighted by molar-refractivity contribution is 0.0336. The predicted molar refractivity (Wildman–Crippen MR) is 155 cm³/mol. The minimum atomic E-state index is -0.265. The molecule has 206 valence electrons. The van der Waals surface area contributed by atoms with E-state index in [1.807, 2.05) is 71.7 Å². The molecular formula is C31H30N8O2. The minimum absolute atomic E-state index is 0.202. The summed E-state index contributed by atoms with van der Waals surface area (Å²) in [5.74, 6) is 0.572. The molecule has 10 heteroatoms. The molecule has 0 atom stereocenters. The van der Waals surface area contributed by atoms with Gasteiger partial charge in [-0.15, -0.1) is 0 Å². The Kier molecular flexibility index (Phi) is 6.41. The Morgan fingerprint density at radius 2 is 1.80 bits per heavy atom. The van der Waals surface area contributed by atoms with Gasteiger partial charge >= 0.3 is 0 Å². The summed E-state index contributed by atoms with van der Waals surface area (Å²) < 4.78 is 7.43. The lowest BCUT2D eigenvalue weighted by atomic mass is 9.93. The van der Waals surface area contributed by atoms with Gasteiger partial charge in [-0.05, 0) is 48.7 Å². The topological polar surface area (TPSA) is 124 Å². The molecule has 2 aromatic carbocycles. The van der Waals surface area contributed by atoms with E-state index >= 15 is 0 Å². The van der Waals surface area contributed by atoms with Crippen LogP contribution in [0.4, 0.5) is 11.4 Å². The van der Waals surface area contributed by atoms with E-state index in [0.29, 0.717) is 16.9 Å². The van der Waals surface area contributed by atoms with Crippen molar-refractivity contribution in [2.75, 3.05) is 37.4 Å². The molecule has 7 rings (SSSR count). The average Bonchev–Trinajstić information content (AvgIpc) is 3.72. The number of anilines is 2. The molecule has 4 heterocycles. The molecule has 1 aliphatic heterocycles. The second-order valence-electron chi connectivity index (χ2n) is 10.6. The van der Waals surface area contributed by atoms with Gasteiger partial charge < -0.3 is 15.8 Å². The number of morpholine rings is 1. The van der Waals surface area contributed by atoms with E-state index in [1.165, 1.54) is 0 Å². The Hall–Kier alpha value is -4.67. The number of carbonyl (C=O) groups excluding carboxylic acids is 1. The van der Waals surface area contributed by atoms with E-state index in [-0.39, 0.29) is 11.3 Å². The fraction of sp³-hybridized carbons (Fsp3) is 0.258. The van der Waals surface area contributed by atoms with Crippen LogP contribution in [-0.2, 0) is 16.7 Å². The number of aromatic nitrogens is 5. The number of amides is 1. The van der Waals surface area contributed by atoms with Gasteiger partial charge in [0.25, 0.3) is 5.91 Å². The van der Waals surface area contributed by atoms with Crippen LogP contribution < -0.4 is 11.1 Å². The number of para-hydroxylation sites is 2. The number of nitrogens with one attached hydrogen (secondary N) is 1. The van der Waals surface area contributed by atoms with Gasteiger partial charge in [0.1, 0.15) is 17.8 Å². The molecule has 0 radical (unpaired) electrons. The molecule has 10 nitrogen and oxygen atoms in total. The van der Waals surface area contributed by atoms with Gasteiger partial charge in [0.15, 0.2) is 0 Å². The first-order valence-corrected chi connectivity index (χ1v) is 13.8. The summed E-state index contributed by atoms with van der Waals surface area (Å²) in [6.07, 6.45) is 7.37. The molecule has 1 saturated heterocycles. The molecule has 2 aliphatic rings. The maximum absolute atomic E-state index is 12.8. The summed E-state index contributed by atoms with van der Waals surface area (Å²) in [7, 11) is 0. The number of imidazole rings is 1. The van der Waals surface area contributed by atoms with Crippen LogP contribution >= 0.6 is 0 Å². The lowest BCUT2D eigenvalue weighted by Gasteiger charge is -2.26. The summed E-state index contributed by atoms with van der Waals surface area (Å²) in [5.41, 5.74) is 12.0. The largest absolute Gasteiger partial charge is 0.397 e. The summed E-state index contributed by atoms with van der Waals surface area (Å²) >= 11 is 0. The highest BCUT2D eigenvalue weighted by Gasteiger charge is 2.48. The molecule has 1 aliphatic carbocycles. The van der Waals surface area contributed by atoms with Crippen LogP contribution in [0.5, 0.6) is 0 Å². The summed E-state index contributed by atoms with van der Waals surface area (Å²) in [5, 5.41) is 2.88. The highest BCUT2D eigenvalue weighted by Crippen LogP contribution is 2.52. The summed E-state index contributed by atoms with van der Waals surface area (Å²) in [6, 6.07) is 18.9. The van der Waals surface area contributed by atoms with Gasteiger partial charge in [-0.2, -0.15) is 0 Å². The van der Waals surface area contributed by atoms with Crippen LogP contribution in [0.15, 0.2) is 79.4 Å². The van der Waals surface area contributed by atoms with Crippen LogP contribution in [-0.4, -0.2) is 61.4 Å². The van der Waals surface area contributed by atoms with Crippen molar-refractivity contribution in [3.63, 3.8) is 0 Å². The molecule has 0 spiro atoms. The highest BCUT2D eigenvalue weighted by atomic mass is 16.5. The van der Waals surface area contributed by atoms with Crippen molar-refractivity contribution in [1.29, 1.82) is 0 Å². The first-order chi connectivity index (χ1) is 20.1. The maximum atomic E-state index is 12.8. The first-order valence-electron chi connectivity index (χ1n) is 13.8. The zero-order chi connectivity index (χ0) is 27.8. The molecule has 0 bridgehead atoms. The van der Waals surface area contributed by atoms with Gasteiger partial charge in [-0.1, -0.05) is 24.3 Å². The second kappa shape index (κ2) is 10.4. The van der Waals surface area contributed by atoms with Gasteiger partial charge in [-0.3, -0.25) is 14.1 Å². The van der Waals surface area contributed by atoms with E-state index in [2.05, 4.69) is 20.2 Å². The number of benzene rings is 2. The van der Waals surface area contributed by atoms with E-state index in [1.54, 1.807) is 12.1 Å². The van der Waals surface area contributed by atoms with Crippen LogP contribution in [0.2, 0.25) is 0 Å². The van der Waals surface area contributed by atoms with Crippen molar-refractivity contribution in [2.24, 2.45) is 0 Å². The Labute approximate surface area is 237 Å². The number of hydrogen-bond donors (Lipinski definition) is 2. The highest BCUT2D eigenvalue weighted by molar-refractivity contribution is 6.05. The molecule has 3 aromatic heterocycles. The number of nitrogen functional groups attached to an aromatic ring is 1. The molecule has 0 unspecified atom stereocenters. The zero-order valence-corrected chi connectivity index (χ0v) is 22.5. The fourth-order valence-electron chi connectivity index (χ4n) is 5.43. The molecule has 41 heavy (non-hydrogen) atoms. The summed E-state index contributed by atoms with van der Waals surface area (Å²) in [4.78, 5) is 34.2. The standard InChI is InChI=1S/C31H30N8O2/c32-24-3-1-2-4-25(24)36-29(40)21-5-7-22(8-6-21)31(10-11-31)30-33-12-9-26(37-30)27-18-34-28-17-23(35-20-39(27)28)19-38-13-15-41-16-14-38/h1-9,12,17-18,20H,10-11,13-16,19,32H2,(H,36,40). The molecule has 2 fully saturated rings. The van der Waals surface area contributed by atoms with Gasteiger partial charge in [0.05, 0.1) is 53.3 Å². The second-order valence-corrected chi connectivity index (χ2v) is 10.6. The smallest absolute Gasteiger partial charge is 0.255 e. The molecule has 1 saturated carbocycles. The Morgan fingerprint density at radius 1 is 1.00 bits per heavy atom. The maximum Gasteiger partial charge on any atom is 0.255 e. The quantitative estimate of drug-likeness (QED) is 0.294. The molecule has 3 N–H and O–H groups in total. The van der Waals surface area contributed by atoms with Crippen molar-refractivity contribution >= 4 is 22.9 Å². The average molecular weight is 547 g/mol. The minimum Gasteiger partial charge on any atom is -0.397 e. The number of nitrogens with zero attached hydrogens (tertiary/aromatic N) is 6. The number of hydrogen-bond acceptors (Lipinski definition) is 8. The van der Waals surface area contributed by atoms with Gasteiger partial charge in [0.2, 0.25) is 0 Å². The Morgan fingerprint density at radius 3 is 2.59 bits per heavy atom. The van der Waals surface area contributed by atoms with Crippen molar-refractivity contribution in [3.05, 3.63) is 102 Å². The van der Waals surface area contributed by atoms with Crippen LogP contribution in [0.3, 0.4) is 0 Å².